The van der Waals surface area contributed by atoms with Crippen molar-refractivity contribution in [2.24, 2.45) is 5.41 Å². The lowest BCUT2D eigenvalue weighted by atomic mass is 9.96. The van der Waals surface area contributed by atoms with E-state index < -0.39 is 0 Å². The van der Waals surface area contributed by atoms with Crippen LogP contribution >= 0.6 is 0 Å². The van der Waals surface area contributed by atoms with E-state index in [1.165, 1.54) is 5.57 Å². The minimum Gasteiger partial charge on any atom is -0.351 e. The van der Waals surface area contributed by atoms with Gasteiger partial charge in [0.1, 0.15) is 0 Å². The van der Waals surface area contributed by atoms with Gasteiger partial charge in [-0.05, 0) is 32.3 Å². The first-order valence-corrected chi connectivity index (χ1v) is 6.15. The highest BCUT2D eigenvalue weighted by Gasteiger charge is 2.50. The molecule has 0 saturated heterocycles. The Morgan fingerprint density at radius 1 is 1.35 bits per heavy atom. The molecule has 1 N–H and O–H groups in total. The van der Waals surface area contributed by atoms with Crippen molar-refractivity contribution >= 4 is 5.91 Å². The summed E-state index contributed by atoms with van der Waals surface area (Å²) in [7, 11) is 0. The van der Waals surface area contributed by atoms with Crippen LogP contribution in [0, 0.1) is 5.41 Å². The molecule has 0 radical (unpaired) electrons. The summed E-state index contributed by atoms with van der Waals surface area (Å²) in [5, 5.41) is 3.04. The van der Waals surface area contributed by atoms with Gasteiger partial charge in [-0.25, -0.2) is 0 Å². The lowest BCUT2D eigenvalue weighted by Crippen LogP contribution is -2.32. The SMILES string of the molecule is C/C=C(/C)C1(C(=O)NCc2ccccc2)CC1. The molecule has 1 aliphatic rings. The number of benzene rings is 1. The number of hydrogen-bond acceptors (Lipinski definition) is 1. The van der Waals surface area contributed by atoms with Crippen LogP contribution in [0.2, 0.25) is 0 Å². The molecule has 1 aromatic rings. The average Bonchev–Trinajstić information content (AvgIpc) is 3.17. The molecule has 2 rings (SSSR count). The first kappa shape index (κ1) is 11.9. The molecule has 0 atom stereocenters. The molecule has 1 amide bonds. The Labute approximate surface area is 103 Å². The van der Waals surface area contributed by atoms with Crippen molar-refractivity contribution in [1.29, 1.82) is 0 Å². The second-order valence-electron chi connectivity index (χ2n) is 4.72. The Morgan fingerprint density at radius 3 is 2.53 bits per heavy atom. The summed E-state index contributed by atoms with van der Waals surface area (Å²) in [4.78, 5) is 12.1. The Morgan fingerprint density at radius 2 is 2.00 bits per heavy atom. The van der Waals surface area contributed by atoms with Crippen LogP contribution in [0.25, 0.3) is 0 Å². The fraction of sp³-hybridized carbons (Fsp3) is 0.400. The molecular formula is C15H19NO. The Bertz CT molecular complexity index is 429. The van der Waals surface area contributed by atoms with Crippen molar-refractivity contribution in [2.45, 2.75) is 33.2 Å². The molecule has 17 heavy (non-hydrogen) atoms. The maximum atomic E-state index is 12.1. The van der Waals surface area contributed by atoms with E-state index in [1.807, 2.05) is 37.3 Å². The molecule has 0 aromatic heterocycles. The Hall–Kier alpha value is -1.57. The molecular weight excluding hydrogens is 210 g/mol. The average molecular weight is 229 g/mol. The van der Waals surface area contributed by atoms with E-state index in [4.69, 9.17) is 0 Å². The maximum Gasteiger partial charge on any atom is 0.230 e. The number of carbonyl (C=O) groups is 1. The first-order valence-electron chi connectivity index (χ1n) is 6.15. The van der Waals surface area contributed by atoms with Gasteiger partial charge in [-0.15, -0.1) is 0 Å². The van der Waals surface area contributed by atoms with E-state index in [0.717, 1.165) is 18.4 Å². The van der Waals surface area contributed by atoms with Gasteiger partial charge in [0.05, 0.1) is 5.41 Å². The summed E-state index contributed by atoms with van der Waals surface area (Å²) in [6.45, 7) is 4.67. The minimum atomic E-state index is -0.191. The van der Waals surface area contributed by atoms with Crippen LogP contribution in [-0.2, 0) is 11.3 Å². The topological polar surface area (TPSA) is 29.1 Å². The van der Waals surface area contributed by atoms with Crippen LogP contribution < -0.4 is 5.32 Å². The molecule has 1 aliphatic carbocycles. The molecule has 1 aromatic carbocycles. The van der Waals surface area contributed by atoms with Crippen molar-refractivity contribution < 1.29 is 4.79 Å². The van der Waals surface area contributed by atoms with Crippen molar-refractivity contribution in [1.82, 2.24) is 5.32 Å². The Kier molecular flexibility index (Phi) is 3.32. The summed E-state index contributed by atoms with van der Waals surface area (Å²) in [6.07, 6.45) is 4.03. The molecule has 0 aliphatic heterocycles. The van der Waals surface area contributed by atoms with Gasteiger partial charge in [0, 0.05) is 6.54 Å². The van der Waals surface area contributed by atoms with Gasteiger partial charge in [-0.2, -0.15) is 0 Å². The number of allylic oxidation sites excluding steroid dienone is 1. The zero-order valence-electron chi connectivity index (χ0n) is 10.5. The monoisotopic (exact) mass is 229 g/mol. The van der Waals surface area contributed by atoms with Gasteiger partial charge < -0.3 is 5.32 Å². The fourth-order valence-electron chi connectivity index (χ4n) is 2.15. The highest BCUT2D eigenvalue weighted by atomic mass is 16.2. The van der Waals surface area contributed by atoms with E-state index >= 15 is 0 Å². The molecule has 2 heteroatoms. The molecule has 0 bridgehead atoms. The quantitative estimate of drug-likeness (QED) is 0.790. The third kappa shape index (κ3) is 2.41. The van der Waals surface area contributed by atoms with Crippen LogP contribution in [0.3, 0.4) is 0 Å². The van der Waals surface area contributed by atoms with E-state index in [9.17, 15) is 4.79 Å². The van der Waals surface area contributed by atoms with E-state index in [-0.39, 0.29) is 11.3 Å². The number of hydrogen-bond donors (Lipinski definition) is 1. The first-order chi connectivity index (χ1) is 8.19. The molecule has 1 fully saturated rings. The second-order valence-corrected chi connectivity index (χ2v) is 4.72. The van der Waals surface area contributed by atoms with Gasteiger partial charge >= 0.3 is 0 Å². The van der Waals surface area contributed by atoms with Crippen LogP contribution in [0.5, 0.6) is 0 Å². The second kappa shape index (κ2) is 4.74. The van der Waals surface area contributed by atoms with Crippen molar-refractivity contribution in [3.05, 3.63) is 47.5 Å². The highest BCUT2D eigenvalue weighted by Crippen LogP contribution is 2.51. The number of rotatable bonds is 4. The van der Waals surface area contributed by atoms with Crippen LogP contribution in [-0.4, -0.2) is 5.91 Å². The predicted molar refractivity (Wildman–Crippen MR) is 69.4 cm³/mol. The zero-order chi connectivity index (χ0) is 12.3. The highest BCUT2D eigenvalue weighted by molar-refractivity contribution is 5.88. The smallest absolute Gasteiger partial charge is 0.230 e. The summed E-state index contributed by atoms with van der Waals surface area (Å²) in [5.74, 6) is 0.178. The molecule has 0 spiro atoms. The summed E-state index contributed by atoms with van der Waals surface area (Å²) in [6, 6.07) is 10.0. The number of nitrogens with one attached hydrogen (secondary N) is 1. The summed E-state index contributed by atoms with van der Waals surface area (Å²) >= 11 is 0. The van der Waals surface area contributed by atoms with Crippen molar-refractivity contribution in [3.8, 4) is 0 Å². The number of carbonyl (C=O) groups excluding carboxylic acids is 1. The third-order valence-corrected chi connectivity index (χ3v) is 3.67. The molecule has 0 heterocycles. The van der Waals surface area contributed by atoms with Gasteiger partial charge in [0.25, 0.3) is 0 Å². The number of amides is 1. The standard InChI is InChI=1S/C15H19NO/c1-3-12(2)15(9-10-15)14(17)16-11-13-7-5-4-6-8-13/h3-8H,9-11H2,1-2H3,(H,16,17)/b12-3-. The largest absolute Gasteiger partial charge is 0.351 e. The fourth-order valence-corrected chi connectivity index (χ4v) is 2.15. The van der Waals surface area contributed by atoms with Gasteiger partial charge in [0.2, 0.25) is 5.91 Å². The Balaban J connectivity index is 1.95. The van der Waals surface area contributed by atoms with Crippen LogP contribution in [0.4, 0.5) is 0 Å². The summed E-state index contributed by atoms with van der Waals surface area (Å²) in [5.41, 5.74) is 2.15. The van der Waals surface area contributed by atoms with Crippen molar-refractivity contribution in [2.75, 3.05) is 0 Å². The lowest BCUT2D eigenvalue weighted by molar-refractivity contribution is -0.125. The van der Waals surface area contributed by atoms with E-state index in [1.54, 1.807) is 0 Å². The minimum absolute atomic E-state index is 0.178. The van der Waals surface area contributed by atoms with Crippen LogP contribution in [0.15, 0.2) is 42.0 Å². The zero-order valence-corrected chi connectivity index (χ0v) is 10.5. The van der Waals surface area contributed by atoms with Crippen molar-refractivity contribution in [3.63, 3.8) is 0 Å². The lowest BCUT2D eigenvalue weighted by Gasteiger charge is -2.15. The normalized spacial score (nSPS) is 17.6. The van der Waals surface area contributed by atoms with E-state index in [2.05, 4.69) is 18.3 Å². The van der Waals surface area contributed by atoms with Gasteiger partial charge in [-0.1, -0.05) is 42.0 Å². The summed E-state index contributed by atoms with van der Waals surface area (Å²) < 4.78 is 0. The third-order valence-electron chi connectivity index (χ3n) is 3.67. The van der Waals surface area contributed by atoms with E-state index in [0.29, 0.717) is 6.54 Å². The molecule has 1 saturated carbocycles. The van der Waals surface area contributed by atoms with Gasteiger partial charge in [0.15, 0.2) is 0 Å². The van der Waals surface area contributed by atoms with Crippen LogP contribution in [0.1, 0.15) is 32.3 Å². The molecule has 90 valence electrons. The molecule has 2 nitrogen and oxygen atoms in total. The van der Waals surface area contributed by atoms with Gasteiger partial charge in [-0.3, -0.25) is 4.79 Å². The molecule has 0 unspecified atom stereocenters. The predicted octanol–water partition coefficient (Wildman–Crippen LogP) is 3.05. The maximum absolute atomic E-state index is 12.1.